The van der Waals surface area contributed by atoms with E-state index in [9.17, 15) is 4.39 Å². The first-order valence-corrected chi connectivity index (χ1v) is 7.50. The molecule has 1 N–H and O–H groups in total. The van der Waals surface area contributed by atoms with Crippen molar-refractivity contribution < 1.29 is 4.39 Å². The van der Waals surface area contributed by atoms with Crippen LogP contribution in [0.3, 0.4) is 0 Å². The Morgan fingerprint density at radius 1 is 1.19 bits per heavy atom. The van der Waals surface area contributed by atoms with Gasteiger partial charge < -0.3 is 0 Å². The van der Waals surface area contributed by atoms with Crippen molar-refractivity contribution in [1.29, 1.82) is 0 Å². The molecule has 0 radical (unpaired) electrons. The summed E-state index contributed by atoms with van der Waals surface area (Å²) in [6.07, 6.45) is 1.68. The zero-order valence-corrected chi connectivity index (χ0v) is 12.3. The summed E-state index contributed by atoms with van der Waals surface area (Å²) in [6, 6.07) is 10.2. The van der Waals surface area contributed by atoms with Gasteiger partial charge in [-0.25, -0.2) is 4.39 Å². The summed E-state index contributed by atoms with van der Waals surface area (Å²) in [5, 5.41) is 7.83. The third-order valence-corrected chi connectivity index (χ3v) is 4.01. The van der Waals surface area contributed by atoms with Gasteiger partial charge in [0.05, 0.1) is 0 Å². The van der Waals surface area contributed by atoms with E-state index in [0.717, 1.165) is 0 Å². The number of benzene rings is 1. The van der Waals surface area contributed by atoms with Gasteiger partial charge in [0.15, 0.2) is 5.82 Å². The zero-order chi connectivity index (χ0) is 14.7. The number of rotatable bonds is 4. The first-order chi connectivity index (χ1) is 10.2. The van der Waals surface area contributed by atoms with Gasteiger partial charge in [0.1, 0.15) is 11.5 Å². The standard InChI is InChI=1S/C14H10ClFN4S/c15-10-4-3-5-11(16)9(10)8-21-14-18-13(19-20-14)12-6-1-2-7-17-12/h1-7H,8H2,(H,18,19,20). The van der Waals surface area contributed by atoms with Crippen LogP contribution in [0.1, 0.15) is 5.56 Å². The van der Waals surface area contributed by atoms with Crippen LogP contribution in [0.5, 0.6) is 0 Å². The molecular formula is C14H10ClFN4S. The molecule has 0 saturated heterocycles. The summed E-state index contributed by atoms with van der Waals surface area (Å²) in [4.78, 5) is 8.51. The molecule has 2 heterocycles. The number of aromatic amines is 1. The van der Waals surface area contributed by atoms with E-state index in [2.05, 4.69) is 20.2 Å². The Morgan fingerprint density at radius 2 is 2.10 bits per heavy atom. The minimum absolute atomic E-state index is 0.324. The van der Waals surface area contributed by atoms with Crippen molar-refractivity contribution in [2.45, 2.75) is 10.9 Å². The molecule has 0 amide bonds. The van der Waals surface area contributed by atoms with E-state index in [4.69, 9.17) is 11.6 Å². The maximum absolute atomic E-state index is 13.7. The number of halogens is 2. The quantitative estimate of drug-likeness (QED) is 0.739. The van der Waals surface area contributed by atoms with E-state index < -0.39 is 0 Å². The SMILES string of the molecule is Fc1cccc(Cl)c1CSc1n[nH]c(-c2ccccn2)n1. The third kappa shape index (κ3) is 3.22. The smallest absolute Gasteiger partial charge is 0.209 e. The fourth-order valence-electron chi connectivity index (χ4n) is 1.74. The fourth-order valence-corrected chi connectivity index (χ4v) is 2.88. The Morgan fingerprint density at radius 3 is 2.86 bits per heavy atom. The molecule has 0 aliphatic rings. The number of H-pyrrole nitrogens is 1. The lowest BCUT2D eigenvalue weighted by Crippen LogP contribution is -1.89. The fraction of sp³-hybridized carbons (Fsp3) is 0.0714. The topological polar surface area (TPSA) is 54.5 Å². The van der Waals surface area contributed by atoms with E-state index in [-0.39, 0.29) is 5.82 Å². The molecule has 7 heteroatoms. The van der Waals surface area contributed by atoms with Crippen LogP contribution in [-0.2, 0) is 5.75 Å². The summed E-state index contributed by atoms with van der Waals surface area (Å²) in [5.74, 6) is 0.624. The van der Waals surface area contributed by atoms with Crippen molar-refractivity contribution in [2.24, 2.45) is 0 Å². The predicted octanol–water partition coefficient (Wildman–Crippen LogP) is 3.95. The highest BCUT2D eigenvalue weighted by atomic mass is 35.5. The number of pyridine rings is 1. The summed E-state index contributed by atoms with van der Waals surface area (Å²) < 4.78 is 13.7. The molecule has 0 bridgehead atoms. The van der Waals surface area contributed by atoms with Crippen molar-refractivity contribution in [3.8, 4) is 11.5 Å². The predicted molar refractivity (Wildman–Crippen MR) is 80.6 cm³/mol. The van der Waals surface area contributed by atoms with Crippen LogP contribution >= 0.6 is 23.4 Å². The van der Waals surface area contributed by atoms with Gasteiger partial charge in [-0.2, -0.15) is 4.98 Å². The molecule has 0 saturated carbocycles. The lowest BCUT2D eigenvalue weighted by atomic mass is 10.2. The second-order valence-corrected chi connectivity index (χ2v) is 5.52. The summed E-state index contributed by atoms with van der Waals surface area (Å²) in [5.41, 5.74) is 1.16. The van der Waals surface area contributed by atoms with Crippen LogP contribution in [0, 0.1) is 5.82 Å². The molecule has 2 aromatic heterocycles. The van der Waals surface area contributed by atoms with E-state index >= 15 is 0 Å². The molecule has 3 aromatic rings. The lowest BCUT2D eigenvalue weighted by molar-refractivity contribution is 0.617. The molecule has 0 aliphatic heterocycles. The molecule has 0 unspecified atom stereocenters. The van der Waals surface area contributed by atoms with Crippen LogP contribution in [-0.4, -0.2) is 20.2 Å². The Labute approximate surface area is 129 Å². The van der Waals surface area contributed by atoms with Crippen molar-refractivity contribution >= 4 is 23.4 Å². The van der Waals surface area contributed by atoms with Gasteiger partial charge in [-0.1, -0.05) is 35.5 Å². The average Bonchev–Trinajstić information content (AvgIpc) is 2.97. The van der Waals surface area contributed by atoms with Gasteiger partial charge in [0, 0.05) is 22.5 Å². The summed E-state index contributed by atoms with van der Waals surface area (Å²) in [7, 11) is 0. The van der Waals surface area contributed by atoms with Crippen LogP contribution in [0.4, 0.5) is 4.39 Å². The van der Waals surface area contributed by atoms with Gasteiger partial charge >= 0.3 is 0 Å². The Balaban J connectivity index is 1.74. The zero-order valence-electron chi connectivity index (χ0n) is 10.8. The Hall–Kier alpha value is -1.92. The van der Waals surface area contributed by atoms with Gasteiger partial charge in [-0.3, -0.25) is 10.1 Å². The molecule has 0 spiro atoms. The van der Waals surface area contributed by atoms with E-state index in [1.165, 1.54) is 17.8 Å². The number of nitrogens with zero attached hydrogens (tertiary/aromatic N) is 3. The molecule has 0 fully saturated rings. The molecule has 21 heavy (non-hydrogen) atoms. The molecule has 0 aliphatic carbocycles. The minimum atomic E-state index is -0.324. The molecule has 3 rings (SSSR count). The van der Waals surface area contributed by atoms with Crippen molar-refractivity contribution in [2.75, 3.05) is 0 Å². The normalized spacial score (nSPS) is 10.8. The highest BCUT2D eigenvalue weighted by molar-refractivity contribution is 7.98. The van der Waals surface area contributed by atoms with Crippen molar-refractivity contribution in [3.05, 3.63) is 59.0 Å². The monoisotopic (exact) mass is 320 g/mol. The maximum atomic E-state index is 13.7. The maximum Gasteiger partial charge on any atom is 0.209 e. The number of aromatic nitrogens is 4. The molecule has 0 atom stereocenters. The first kappa shape index (κ1) is 14.0. The Kier molecular flexibility index (Phi) is 4.17. The number of nitrogens with one attached hydrogen (secondary N) is 1. The highest BCUT2D eigenvalue weighted by Crippen LogP contribution is 2.27. The first-order valence-electron chi connectivity index (χ1n) is 6.13. The van der Waals surface area contributed by atoms with Crippen LogP contribution in [0.25, 0.3) is 11.5 Å². The third-order valence-electron chi connectivity index (χ3n) is 2.78. The molecule has 106 valence electrons. The van der Waals surface area contributed by atoms with Crippen LogP contribution in [0.15, 0.2) is 47.8 Å². The largest absolute Gasteiger partial charge is 0.257 e. The molecular weight excluding hydrogens is 311 g/mol. The minimum Gasteiger partial charge on any atom is -0.257 e. The van der Waals surface area contributed by atoms with Gasteiger partial charge in [-0.15, -0.1) is 5.10 Å². The van der Waals surface area contributed by atoms with Crippen molar-refractivity contribution in [1.82, 2.24) is 20.2 Å². The number of hydrogen-bond donors (Lipinski definition) is 1. The molecule has 4 nitrogen and oxygen atoms in total. The molecule has 1 aromatic carbocycles. The van der Waals surface area contributed by atoms with Gasteiger partial charge in [-0.05, 0) is 24.3 Å². The number of hydrogen-bond acceptors (Lipinski definition) is 4. The van der Waals surface area contributed by atoms with E-state index in [0.29, 0.717) is 33.0 Å². The number of thioether (sulfide) groups is 1. The second-order valence-electron chi connectivity index (χ2n) is 4.17. The lowest BCUT2D eigenvalue weighted by Gasteiger charge is -2.03. The van der Waals surface area contributed by atoms with Crippen LogP contribution < -0.4 is 0 Å². The average molecular weight is 321 g/mol. The Bertz CT molecular complexity index is 727. The van der Waals surface area contributed by atoms with E-state index in [1.54, 1.807) is 18.3 Å². The highest BCUT2D eigenvalue weighted by Gasteiger charge is 2.11. The van der Waals surface area contributed by atoms with E-state index in [1.807, 2.05) is 18.2 Å². The summed E-state index contributed by atoms with van der Waals surface area (Å²) in [6.45, 7) is 0. The summed E-state index contributed by atoms with van der Waals surface area (Å²) >= 11 is 7.30. The van der Waals surface area contributed by atoms with Gasteiger partial charge in [0.2, 0.25) is 5.16 Å². The second kappa shape index (κ2) is 6.24. The van der Waals surface area contributed by atoms with Crippen molar-refractivity contribution in [3.63, 3.8) is 0 Å². The van der Waals surface area contributed by atoms with Gasteiger partial charge in [0.25, 0.3) is 0 Å². The van der Waals surface area contributed by atoms with Crippen LogP contribution in [0.2, 0.25) is 5.02 Å².